The topological polar surface area (TPSA) is 75.7 Å². The molecule has 6 nitrogen and oxygen atoms in total. The number of halogens is 1. The second-order valence-electron chi connectivity index (χ2n) is 6.27. The van der Waals surface area contributed by atoms with Crippen LogP contribution in [-0.4, -0.2) is 42.4 Å². The third kappa shape index (κ3) is 5.74. The van der Waals surface area contributed by atoms with Crippen molar-refractivity contribution in [2.75, 3.05) is 25.0 Å². The molecule has 0 aromatic heterocycles. The van der Waals surface area contributed by atoms with Crippen LogP contribution in [0.1, 0.15) is 36.8 Å². The molecule has 0 radical (unpaired) electrons. The summed E-state index contributed by atoms with van der Waals surface area (Å²) in [5.41, 5.74) is 2.34. The van der Waals surface area contributed by atoms with Crippen molar-refractivity contribution < 1.29 is 19.1 Å². The Morgan fingerprint density at radius 1 is 1.24 bits per heavy atom. The van der Waals surface area contributed by atoms with Crippen LogP contribution in [0.15, 0.2) is 12.1 Å². The molecule has 0 atom stereocenters. The van der Waals surface area contributed by atoms with Crippen LogP contribution in [0.5, 0.6) is 0 Å². The van der Waals surface area contributed by atoms with Crippen LogP contribution in [-0.2, 0) is 19.1 Å². The summed E-state index contributed by atoms with van der Waals surface area (Å²) in [4.78, 5) is 37.2. The smallest absolute Gasteiger partial charge is 0.326 e. The number of anilines is 1. The maximum atomic E-state index is 12.0. The van der Waals surface area contributed by atoms with Crippen LogP contribution in [0.3, 0.4) is 0 Å². The Labute approximate surface area is 152 Å². The van der Waals surface area contributed by atoms with Gasteiger partial charge in [0.25, 0.3) is 5.91 Å². The fraction of sp³-hybridized carbons (Fsp3) is 0.500. The van der Waals surface area contributed by atoms with Gasteiger partial charge in [-0.1, -0.05) is 24.1 Å². The van der Waals surface area contributed by atoms with Crippen molar-refractivity contribution in [1.29, 1.82) is 0 Å². The second-order valence-corrected chi connectivity index (χ2v) is 6.68. The minimum atomic E-state index is -0.586. The number of nitrogens with one attached hydrogen (secondary N) is 1. The number of esters is 1. The van der Waals surface area contributed by atoms with Crippen LogP contribution in [0.4, 0.5) is 5.69 Å². The highest BCUT2D eigenvalue weighted by molar-refractivity contribution is 6.34. The van der Waals surface area contributed by atoms with Crippen molar-refractivity contribution in [3.05, 3.63) is 28.3 Å². The molecule has 0 spiro atoms. The van der Waals surface area contributed by atoms with Gasteiger partial charge in [-0.05, 0) is 43.9 Å². The molecule has 1 aliphatic heterocycles. The summed E-state index contributed by atoms with van der Waals surface area (Å²) in [7, 11) is 0. The number of hydrogen-bond acceptors (Lipinski definition) is 4. The molecule has 1 N–H and O–H groups in total. The Balaban J connectivity index is 1.83. The van der Waals surface area contributed by atoms with E-state index in [1.54, 1.807) is 6.07 Å². The van der Waals surface area contributed by atoms with Gasteiger partial charge in [0.2, 0.25) is 5.91 Å². The van der Waals surface area contributed by atoms with Gasteiger partial charge in [0, 0.05) is 13.0 Å². The molecule has 2 amide bonds. The van der Waals surface area contributed by atoms with Gasteiger partial charge >= 0.3 is 5.97 Å². The molecular formula is C18H23ClN2O4. The molecular weight excluding hydrogens is 344 g/mol. The van der Waals surface area contributed by atoms with E-state index in [1.807, 2.05) is 19.9 Å². The number of nitrogens with zero attached hydrogens (tertiary/aromatic N) is 1. The molecule has 1 aromatic rings. The Kier molecular flexibility index (Phi) is 6.82. The van der Waals surface area contributed by atoms with Gasteiger partial charge in [-0.25, -0.2) is 0 Å². The van der Waals surface area contributed by atoms with Gasteiger partial charge in [-0.2, -0.15) is 0 Å². The lowest BCUT2D eigenvalue weighted by Gasteiger charge is -2.19. The van der Waals surface area contributed by atoms with Gasteiger partial charge < -0.3 is 15.0 Å². The van der Waals surface area contributed by atoms with Crippen molar-refractivity contribution in [2.45, 2.75) is 39.5 Å². The molecule has 1 fully saturated rings. The van der Waals surface area contributed by atoms with Crippen molar-refractivity contribution in [3.8, 4) is 0 Å². The molecule has 1 aliphatic rings. The largest absolute Gasteiger partial charge is 0.454 e. The molecule has 1 saturated heterocycles. The fourth-order valence-electron chi connectivity index (χ4n) is 2.80. The minimum Gasteiger partial charge on any atom is -0.454 e. The maximum Gasteiger partial charge on any atom is 0.326 e. The average Bonchev–Trinajstić information content (AvgIpc) is 2.74. The molecule has 136 valence electrons. The van der Waals surface area contributed by atoms with Gasteiger partial charge in [0.1, 0.15) is 6.54 Å². The molecule has 1 aromatic carbocycles. The molecule has 1 heterocycles. The van der Waals surface area contributed by atoms with Gasteiger partial charge in [0.15, 0.2) is 6.61 Å². The van der Waals surface area contributed by atoms with E-state index in [1.165, 1.54) is 4.90 Å². The highest BCUT2D eigenvalue weighted by Gasteiger charge is 2.20. The first-order valence-electron chi connectivity index (χ1n) is 8.37. The first-order chi connectivity index (χ1) is 11.9. The third-order valence-electron chi connectivity index (χ3n) is 4.05. The Morgan fingerprint density at radius 3 is 2.72 bits per heavy atom. The number of rotatable bonds is 5. The van der Waals surface area contributed by atoms with Gasteiger partial charge in [-0.3, -0.25) is 14.4 Å². The van der Waals surface area contributed by atoms with Gasteiger partial charge in [-0.15, -0.1) is 0 Å². The summed E-state index contributed by atoms with van der Waals surface area (Å²) in [5, 5.41) is 3.09. The normalized spacial score (nSPS) is 14.8. The Bertz CT molecular complexity index is 652. The third-order valence-corrected chi connectivity index (χ3v) is 4.35. The van der Waals surface area contributed by atoms with Crippen LogP contribution < -0.4 is 5.32 Å². The van der Waals surface area contributed by atoms with Gasteiger partial charge in [0.05, 0.1) is 10.7 Å². The van der Waals surface area contributed by atoms with Crippen LogP contribution in [0, 0.1) is 13.8 Å². The minimum absolute atomic E-state index is 0.0408. The van der Waals surface area contributed by atoms with E-state index in [-0.39, 0.29) is 12.5 Å². The summed E-state index contributed by atoms with van der Waals surface area (Å²) in [6, 6.07) is 3.65. The van der Waals surface area contributed by atoms with Crippen molar-refractivity contribution in [3.63, 3.8) is 0 Å². The van der Waals surface area contributed by atoms with Crippen LogP contribution in [0.2, 0.25) is 5.02 Å². The number of benzene rings is 1. The zero-order valence-electron chi connectivity index (χ0n) is 14.6. The predicted octanol–water partition coefficient (Wildman–Crippen LogP) is 2.84. The Hall–Kier alpha value is -2.08. The van der Waals surface area contributed by atoms with E-state index >= 15 is 0 Å². The first kappa shape index (κ1) is 19.2. The number of likely N-dealkylation sites (tertiary alicyclic amines) is 1. The summed E-state index contributed by atoms with van der Waals surface area (Å²) < 4.78 is 4.98. The lowest BCUT2D eigenvalue weighted by molar-refractivity contribution is -0.151. The van der Waals surface area contributed by atoms with E-state index in [0.29, 0.717) is 23.7 Å². The van der Waals surface area contributed by atoms with E-state index in [2.05, 4.69) is 5.32 Å². The standard InChI is InChI=1S/C18H23ClN2O4/c1-12-8-13(2)18(14(19)9-12)20-15(22)11-25-17(24)10-21-7-5-3-4-6-16(21)23/h8-9H,3-7,10-11H2,1-2H3,(H,20,22). The Morgan fingerprint density at radius 2 is 2.00 bits per heavy atom. The molecule has 7 heteroatoms. The number of carbonyl (C=O) groups excluding carboxylic acids is 3. The van der Waals surface area contributed by atoms with E-state index < -0.39 is 18.5 Å². The SMILES string of the molecule is Cc1cc(C)c(NC(=O)COC(=O)CN2CCCCCC2=O)c(Cl)c1. The van der Waals surface area contributed by atoms with Crippen molar-refractivity contribution in [2.24, 2.45) is 0 Å². The lowest BCUT2D eigenvalue weighted by Crippen LogP contribution is -2.36. The zero-order valence-corrected chi connectivity index (χ0v) is 15.3. The highest BCUT2D eigenvalue weighted by atomic mass is 35.5. The fourth-order valence-corrected chi connectivity index (χ4v) is 3.17. The molecule has 0 aliphatic carbocycles. The molecule has 0 saturated carbocycles. The first-order valence-corrected chi connectivity index (χ1v) is 8.74. The van der Waals surface area contributed by atoms with Crippen LogP contribution >= 0.6 is 11.6 Å². The quantitative estimate of drug-likeness (QED) is 0.813. The summed E-state index contributed by atoms with van der Waals surface area (Å²) in [6.07, 6.45) is 3.17. The monoisotopic (exact) mass is 366 g/mol. The van der Waals surface area contributed by atoms with E-state index in [9.17, 15) is 14.4 Å². The summed E-state index contributed by atoms with van der Waals surface area (Å²) in [6.45, 7) is 3.78. The molecule has 0 unspecified atom stereocenters. The predicted molar refractivity (Wildman–Crippen MR) is 95.6 cm³/mol. The number of aryl methyl sites for hydroxylation is 2. The highest BCUT2D eigenvalue weighted by Crippen LogP contribution is 2.27. The van der Waals surface area contributed by atoms with E-state index in [0.717, 1.165) is 30.4 Å². The second kappa shape index (κ2) is 8.85. The molecule has 25 heavy (non-hydrogen) atoms. The number of carbonyl (C=O) groups is 3. The zero-order chi connectivity index (χ0) is 18.4. The number of amides is 2. The maximum absolute atomic E-state index is 12.0. The summed E-state index contributed by atoms with van der Waals surface area (Å²) in [5.74, 6) is -1.09. The van der Waals surface area contributed by atoms with Crippen molar-refractivity contribution in [1.82, 2.24) is 4.90 Å². The number of hydrogen-bond donors (Lipinski definition) is 1. The molecule has 0 bridgehead atoms. The average molecular weight is 367 g/mol. The number of ether oxygens (including phenoxy) is 1. The van der Waals surface area contributed by atoms with E-state index in [4.69, 9.17) is 16.3 Å². The van der Waals surface area contributed by atoms with Crippen LogP contribution in [0.25, 0.3) is 0 Å². The molecule has 2 rings (SSSR count). The summed E-state index contributed by atoms with van der Waals surface area (Å²) >= 11 is 6.14. The van der Waals surface area contributed by atoms with Crippen molar-refractivity contribution >= 4 is 35.1 Å². The lowest BCUT2D eigenvalue weighted by atomic mass is 10.1.